The molecule has 1 unspecified atom stereocenters. The minimum absolute atomic E-state index is 0.193. The first-order valence-corrected chi connectivity index (χ1v) is 4.80. The van der Waals surface area contributed by atoms with E-state index < -0.39 is 0 Å². The van der Waals surface area contributed by atoms with Crippen LogP contribution in [0.3, 0.4) is 0 Å². The van der Waals surface area contributed by atoms with Gasteiger partial charge in [0.1, 0.15) is 5.78 Å². The summed E-state index contributed by atoms with van der Waals surface area (Å²) < 4.78 is 0. The van der Waals surface area contributed by atoms with Crippen LogP contribution in [0.15, 0.2) is 11.6 Å². The highest BCUT2D eigenvalue weighted by Crippen LogP contribution is 2.11. The molecule has 0 heterocycles. The SMILES string of the molecule is CCC(=CCC(C)C(C)=O)CC. The van der Waals surface area contributed by atoms with E-state index in [-0.39, 0.29) is 11.7 Å². The first-order chi connectivity index (χ1) is 5.61. The van der Waals surface area contributed by atoms with Gasteiger partial charge in [-0.15, -0.1) is 0 Å². The van der Waals surface area contributed by atoms with E-state index >= 15 is 0 Å². The summed E-state index contributed by atoms with van der Waals surface area (Å²) >= 11 is 0. The lowest BCUT2D eigenvalue weighted by molar-refractivity contribution is -0.120. The van der Waals surface area contributed by atoms with Crippen LogP contribution in [0.5, 0.6) is 0 Å². The van der Waals surface area contributed by atoms with Crippen molar-refractivity contribution in [3.05, 3.63) is 11.6 Å². The fraction of sp³-hybridized carbons (Fsp3) is 0.727. The van der Waals surface area contributed by atoms with Crippen LogP contribution in [0.25, 0.3) is 0 Å². The van der Waals surface area contributed by atoms with Gasteiger partial charge in [0.25, 0.3) is 0 Å². The maximum atomic E-state index is 10.9. The Labute approximate surface area is 75.9 Å². The van der Waals surface area contributed by atoms with Crippen molar-refractivity contribution in [1.82, 2.24) is 0 Å². The first kappa shape index (κ1) is 11.4. The molecule has 0 N–H and O–H groups in total. The average molecular weight is 168 g/mol. The van der Waals surface area contributed by atoms with Gasteiger partial charge in [-0.1, -0.05) is 32.4 Å². The fourth-order valence-electron chi connectivity index (χ4n) is 1.05. The number of ketones is 1. The molecular formula is C11H20O. The molecule has 0 spiro atoms. The van der Waals surface area contributed by atoms with E-state index in [1.165, 1.54) is 5.57 Å². The number of Topliss-reactive ketones (excluding diaryl/α,β-unsaturated/α-hetero) is 1. The molecule has 0 aromatic heterocycles. The smallest absolute Gasteiger partial charge is 0.132 e. The van der Waals surface area contributed by atoms with Gasteiger partial charge in [0.05, 0.1) is 0 Å². The van der Waals surface area contributed by atoms with E-state index in [1.807, 2.05) is 6.92 Å². The van der Waals surface area contributed by atoms with Crippen molar-refractivity contribution in [2.75, 3.05) is 0 Å². The number of hydrogen-bond donors (Lipinski definition) is 0. The Hall–Kier alpha value is -0.590. The third-order valence-electron chi connectivity index (χ3n) is 2.36. The molecule has 0 saturated heterocycles. The van der Waals surface area contributed by atoms with Crippen LogP contribution < -0.4 is 0 Å². The highest BCUT2D eigenvalue weighted by Gasteiger charge is 2.04. The molecule has 70 valence electrons. The monoisotopic (exact) mass is 168 g/mol. The molecule has 0 aliphatic heterocycles. The lowest BCUT2D eigenvalue weighted by atomic mass is 10.0. The Morgan fingerprint density at radius 2 is 1.83 bits per heavy atom. The predicted octanol–water partition coefficient (Wildman–Crippen LogP) is 3.35. The van der Waals surface area contributed by atoms with Crippen molar-refractivity contribution in [2.45, 2.75) is 47.0 Å². The number of rotatable bonds is 5. The molecule has 0 fully saturated rings. The van der Waals surface area contributed by atoms with Crippen LogP contribution in [-0.4, -0.2) is 5.78 Å². The van der Waals surface area contributed by atoms with Gasteiger partial charge in [-0.25, -0.2) is 0 Å². The van der Waals surface area contributed by atoms with E-state index in [0.717, 1.165) is 19.3 Å². The second-order valence-corrected chi connectivity index (χ2v) is 3.32. The molecule has 0 aromatic rings. The molecule has 1 nitrogen and oxygen atoms in total. The summed E-state index contributed by atoms with van der Waals surface area (Å²) in [6, 6.07) is 0. The Morgan fingerprint density at radius 3 is 2.17 bits per heavy atom. The van der Waals surface area contributed by atoms with Crippen LogP contribution in [0.2, 0.25) is 0 Å². The highest BCUT2D eigenvalue weighted by atomic mass is 16.1. The summed E-state index contributed by atoms with van der Waals surface area (Å²) in [6.07, 6.45) is 5.35. The maximum absolute atomic E-state index is 10.9. The molecule has 0 aromatic carbocycles. The zero-order chi connectivity index (χ0) is 9.56. The summed E-state index contributed by atoms with van der Waals surface area (Å²) in [5, 5.41) is 0. The Bertz CT molecular complexity index is 162. The highest BCUT2D eigenvalue weighted by molar-refractivity contribution is 5.77. The third kappa shape index (κ3) is 4.32. The second kappa shape index (κ2) is 5.99. The topological polar surface area (TPSA) is 17.1 Å². The standard InChI is InChI=1S/C11H20O/c1-5-11(6-2)8-7-9(3)10(4)12/h8-9H,5-7H2,1-4H3. The van der Waals surface area contributed by atoms with Gasteiger partial charge in [0.15, 0.2) is 0 Å². The molecule has 0 rings (SSSR count). The van der Waals surface area contributed by atoms with Gasteiger partial charge >= 0.3 is 0 Å². The number of carbonyl (C=O) groups excluding carboxylic acids is 1. The van der Waals surface area contributed by atoms with Gasteiger partial charge in [0.2, 0.25) is 0 Å². The molecule has 1 heteroatoms. The minimum atomic E-state index is 0.193. The summed E-state index contributed by atoms with van der Waals surface area (Å²) in [5.41, 5.74) is 1.46. The van der Waals surface area contributed by atoms with Gasteiger partial charge in [-0.2, -0.15) is 0 Å². The van der Waals surface area contributed by atoms with Crippen molar-refractivity contribution in [2.24, 2.45) is 5.92 Å². The van der Waals surface area contributed by atoms with E-state index in [0.29, 0.717) is 0 Å². The minimum Gasteiger partial charge on any atom is -0.300 e. The normalized spacial score (nSPS) is 12.3. The molecule has 0 aliphatic rings. The maximum Gasteiger partial charge on any atom is 0.132 e. The Kier molecular flexibility index (Phi) is 5.69. The van der Waals surface area contributed by atoms with Crippen LogP contribution in [-0.2, 0) is 4.79 Å². The molecule has 0 bridgehead atoms. The molecule has 1 atom stereocenters. The van der Waals surface area contributed by atoms with Gasteiger partial charge < -0.3 is 0 Å². The summed E-state index contributed by atoms with van der Waals surface area (Å²) in [7, 11) is 0. The fourth-order valence-corrected chi connectivity index (χ4v) is 1.05. The Balaban J connectivity index is 3.92. The summed E-state index contributed by atoms with van der Waals surface area (Å²) in [6.45, 7) is 7.97. The lowest BCUT2D eigenvalue weighted by Gasteiger charge is -2.05. The van der Waals surface area contributed by atoms with Gasteiger partial charge in [-0.05, 0) is 26.2 Å². The van der Waals surface area contributed by atoms with Crippen molar-refractivity contribution < 1.29 is 4.79 Å². The Morgan fingerprint density at radius 1 is 1.33 bits per heavy atom. The zero-order valence-corrected chi connectivity index (χ0v) is 8.68. The number of hydrogen-bond acceptors (Lipinski definition) is 1. The van der Waals surface area contributed by atoms with Gasteiger partial charge in [-0.3, -0.25) is 4.79 Å². The van der Waals surface area contributed by atoms with E-state index in [1.54, 1.807) is 6.92 Å². The van der Waals surface area contributed by atoms with Crippen molar-refractivity contribution in [3.63, 3.8) is 0 Å². The number of allylic oxidation sites excluding steroid dienone is 2. The largest absolute Gasteiger partial charge is 0.300 e. The molecule has 0 amide bonds. The average Bonchev–Trinajstić information content (AvgIpc) is 2.05. The van der Waals surface area contributed by atoms with E-state index in [9.17, 15) is 4.79 Å². The molecule has 0 radical (unpaired) electrons. The summed E-state index contributed by atoms with van der Waals surface area (Å²) in [4.78, 5) is 10.9. The molecule has 0 saturated carbocycles. The lowest BCUT2D eigenvalue weighted by Crippen LogP contribution is -2.04. The second-order valence-electron chi connectivity index (χ2n) is 3.32. The van der Waals surface area contributed by atoms with Gasteiger partial charge in [0, 0.05) is 5.92 Å². The quantitative estimate of drug-likeness (QED) is 0.575. The molecular weight excluding hydrogens is 148 g/mol. The van der Waals surface area contributed by atoms with Crippen LogP contribution in [0.1, 0.15) is 47.0 Å². The van der Waals surface area contributed by atoms with Crippen molar-refractivity contribution in [3.8, 4) is 0 Å². The van der Waals surface area contributed by atoms with E-state index in [4.69, 9.17) is 0 Å². The van der Waals surface area contributed by atoms with E-state index in [2.05, 4.69) is 19.9 Å². The predicted molar refractivity (Wildman–Crippen MR) is 53.1 cm³/mol. The molecule has 12 heavy (non-hydrogen) atoms. The van der Waals surface area contributed by atoms with Crippen LogP contribution >= 0.6 is 0 Å². The van der Waals surface area contributed by atoms with Crippen LogP contribution in [0.4, 0.5) is 0 Å². The number of carbonyl (C=O) groups is 1. The van der Waals surface area contributed by atoms with Crippen LogP contribution in [0, 0.1) is 5.92 Å². The van der Waals surface area contributed by atoms with Crippen molar-refractivity contribution >= 4 is 5.78 Å². The van der Waals surface area contributed by atoms with Crippen molar-refractivity contribution in [1.29, 1.82) is 0 Å². The first-order valence-electron chi connectivity index (χ1n) is 4.80. The summed E-state index contributed by atoms with van der Waals surface area (Å²) in [5.74, 6) is 0.482. The molecule has 0 aliphatic carbocycles. The zero-order valence-electron chi connectivity index (χ0n) is 8.68. The third-order valence-corrected chi connectivity index (χ3v) is 2.36.